The van der Waals surface area contributed by atoms with Gasteiger partial charge in [0.2, 0.25) is 0 Å². The van der Waals surface area contributed by atoms with Crippen LogP contribution in [0.25, 0.3) is 10.9 Å². The van der Waals surface area contributed by atoms with Crippen LogP contribution < -0.4 is 5.73 Å². The lowest BCUT2D eigenvalue weighted by Crippen LogP contribution is -2.17. The molecule has 78 valence electrons. The van der Waals surface area contributed by atoms with Crippen LogP contribution in [0.15, 0.2) is 24.3 Å². The third-order valence-electron chi connectivity index (χ3n) is 2.77. The van der Waals surface area contributed by atoms with Gasteiger partial charge in [-0.3, -0.25) is 4.79 Å². The number of rotatable bonds is 2. The fraction of sp³-hybridized carbons (Fsp3) is 0.250. The molecule has 0 radical (unpaired) electrons. The molecule has 0 fully saturated rings. The van der Waals surface area contributed by atoms with Gasteiger partial charge in [0.25, 0.3) is 5.91 Å². The third-order valence-corrected chi connectivity index (χ3v) is 2.77. The molecule has 0 aliphatic heterocycles. The summed E-state index contributed by atoms with van der Waals surface area (Å²) in [6.07, 6.45) is 0. The van der Waals surface area contributed by atoms with Crippen LogP contribution in [0.1, 0.15) is 23.0 Å². The van der Waals surface area contributed by atoms with Crippen molar-refractivity contribution in [2.45, 2.75) is 20.4 Å². The van der Waals surface area contributed by atoms with E-state index in [0.29, 0.717) is 5.69 Å². The Kier molecular flexibility index (Phi) is 2.23. The minimum absolute atomic E-state index is 0.356. The van der Waals surface area contributed by atoms with Gasteiger partial charge in [-0.25, -0.2) is 0 Å². The number of amides is 1. The summed E-state index contributed by atoms with van der Waals surface area (Å²) in [6, 6.07) is 7.97. The molecule has 0 bridgehead atoms. The zero-order valence-electron chi connectivity index (χ0n) is 8.95. The van der Waals surface area contributed by atoms with Gasteiger partial charge in [-0.05, 0) is 25.5 Å². The summed E-state index contributed by atoms with van der Waals surface area (Å²) in [7, 11) is 0. The summed E-state index contributed by atoms with van der Waals surface area (Å²) in [5.41, 5.74) is 8.07. The number of hydrogen-bond donors (Lipinski definition) is 1. The zero-order valence-corrected chi connectivity index (χ0v) is 8.95. The Hall–Kier alpha value is -1.77. The van der Waals surface area contributed by atoms with E-state index in [2.05, 4.69) is 0 Å². The highest BCUT2D eigenvalue weighted by Gasteiger charge is 2.16. The molecule has 0 aliphatic carbocycles. The largest absolute Gasteiger partial charge is 0.364 e. The minimum atomic E-state index is -0.356. The van der Waals surface area contributed by atoms with Crippen LogP contribution in [0.3, 0.4) is 0 Å². The number of carbonyl (C=O) groups is 1. The Bertz CT molecular complexity index is 526. The van der Waals surface area contributed by atoms with Gasteiger partial charge in [0.05, 0.1) is 0 Å². The molecule has 0 spiro atoms. The first-order valence-electron chi connectivity index (χ1n) is 5.04. The Morgan fingerprint density at radius 2 is 2.07 bits per heavy atom. The number of carbonyl (C=O) groups excluding carboxylic acids is 1. The van der Waals surface area contributed by atoms with E-state index >= 15 is 0 Å². The lowest BCUT2D eigenvalue weighted by atomic mass is 10.1. The molecule has 3 heteroatoms. The summed E-state index contributed by atoms with van der Waals surface area (Å²) in [4.78, 5) is 11.4. The van der Waals surface area contributed by atoms with Gasteiger partial charge in [0, 0.05) is 17.4 Å². The van der Waals surface area contributed by atoms with E-state index in [-0.39, 0.29) is 5.91 Å². The molecule has 0 unspecified atom stereocenters. The van der Waals surface area contributed by atoms with Gasteiger partial charge in [-0.1, -0.05) is 18.2 Å². The highest BCUT2D eigenvalue weighted by molar-refractivity contribution is 6.00. The fourth-order valence-electron chi connectivity index (χ4n) is 2.12. The second-order valence-electron chi connectivity index (χ2n) is 3.60. The van der Waals surface area contributed by atoms with Crippen LogP contribution in [0, 0.1) is 6.92 Å². The summed E-state index contributed by atoms with van der Waals surface area (Å²) in [5.74, 6) is -0.356. The van der Waals surface area contributed by atoms with E-state index in [0.717, 1.165) is 23.0 Å². The standard InChI is InChI=1S/C12H14N2O/c1-3-14-10-7-5-4-6-9(10)8(2)11(14)12(13)15/h4-7H,3H2,1-2H3,(H2,13,15). The van der Waals surface area contributed by atoms with Crippen LogP contribution in [0.4, 0.5) is 0 Å². The van der Waals surface area contributed by atoms with Gasteiger partial charge in [0.1, 0.15) is 5.69 Å². The number of benzene rings is 1. The van der Waals surface area contributed by atoms with Gasteiger partial charge < -0.3 is 10.3 Å². The van der Waals surface area contributed by atoms with E-state index in [9.17, 15) is 4.79 Å². The van der Waals surface area contributed by atoms with Crippen molar-refractivity contribution in [1.82, 2.24) is 4.57 Å². The van der Waals surface area contributed by atoms with Crippen molar-refractivity contribution in [2.24, 2.45) is 5.73 Å². The molecule has 2 N–H and O–H groups in total. The zero-order chi connectivity index (χ0) is 11.0. The maximum absolute atomic E-state index is 11.4. The summed E-state index contributed by atoms with van der Waals surface area (Å²) in [5, 5.41) is 1.10. The monoisotopic (exact) mass is 202 g/mol. The lowest BCUT2D eigenvalue weighted by molar-refractivity contribution is 0.0991. The molecule has 0 aliphatic rings. The third kappa shape index (κ3) is 1.31. The molecule has 1 aromatic heterocycles. The molecule has 3 nitrogen and oxygen atoms in total. The van der Waals surface area contributed by atoms with Gasteiger partial charge in [0.15, 0.2) is 0 Å². The highest BCUT2D eigenvalue weighted by atomic mass is 16.1. The normalized spacial score (nSPS) is 10.8. The molecule has 0 saturated heterocycles. The Labute approximate surface area is 88.5 Å². The number of para-hydroxylation sites is 1. The van der Waals surface area contributed by atoms with Crippen LogP contribution in [-0.2, 0) is 6.54 Å². The number of nitrogens with zero attached hydrogens (tertiary/aromatic N) is 1. The van der Waals surface area contributed by atoms with Crippen molar-refractivity contribution in [3.63, 3.8) is 0 Å². The van der Waals surface area contributed by atoms with Crippen molar-refractivity contribution >= 4 is 16.8 Å². The molecule has 15 heavy (non-hydrogen) atoms. The number of hydrogen-bond acceptors (Lipinski definition) is 1. The topological polar surface area (TPSA) is 48.0 Å². The van der Waals surface area contributed by atoms with Crippen molar-refractivity contribution in [2.75, 3.05) is 0 Å². The van der Waals surface area contributed by atoms with Gasteiger partial charge in [-0.2, -0.15) is 0 Å². The number of nitrogens with two attached hydrogens (primary N) is 1. The van der Waals surface area contributed by atoms with Crippen LogP contribution in [-0.4, -0.2) is 10.5 Å². The van der Waals surface area contributed by atoms with Crippen LogP contribution >= 0.6 is 0 Å². The summed E-state index contributed by atoms with van der Waals surface area (Å²) < 4.78 is 1.97. The SMILES string of the molecule is CCn1c(C(N)=O)c(C)c2ccccc21. The number of fused-ring (bicyclic) bond motifs is 1. The second kappa shape index (κ2) is 3.42. The summed E-state index contributed by atoms with van der Waals surface area (Å²) >= 11 is 0. The first kappa shape index (κ1) is 9.77. The molecule has 2 rings (SSSR count). The predicted octanol–water partition coefficient (Wildman–Crippen LogP) is 2.07. The molecule has 1 heterocycles. The van der Waals surface area contributed by atoms with Crippen LogP contribution in [0.2, 0.25) is 0 Å². The lowest BCUT2D eigenvalue weighted by Gasteiger charge is -2.04. The first-order chi connectivity index (χ1) is 7.16. The number of primary amides is 1. The molecular formula is C12H14N2O. The highest BCUT2D eigenvalue weighted by Crippen LogP contribution is 2.24. The minimum Gasteiger partial charge on any atom is -0.364 e. The van der Waals surface area contributed by atoms with E-state index in [1.807, 2.05) is 42.7 Å². The van der Waals surface area contributed by atoms with E-state index in [1.165, 1.54) is 0 Å². The Balaban J connectivity index is 2.90. The quantitative estimate of drug-likeness (QED) is 0.796. The van der Waals surface area contributed by atoms with Gasteiger partial charge in [-0.15, -0.1) is 0 Å². The van der Waals surface area contributed by atoms with Crippen molar-refractivity contribution < 1.29 is 4.79 Å². The predicted molar refractivity (Wildman–Crippen MR) is 60.9 cm³/mol. The molecule has 2 aromatic rings. The maximum Gasteiger partial charge on any atom is 0.265 e. The smallest absolute Gasteiger partial charge is 0.265 e. The molecular weight excluding hydrogens is 188 g/mol. The molecule has 0 saturated carbocycles. The average molecular weight is 202 g/mol. The number of aryl methyl sites for hydroxylation is 2. The molecule has 1 aromatic carbocycles. The van der Waals surface area contributed by atoms with Crippen LogP contribution in [0.5, 0.6) is 0 Å². The van der Waals surface area contributed by atoms with Crippen molar-refractivity contribution in [3.8, 4) is 0 Å². The van der Waals surface area contributed by atoms with Crippen molar-refractivity contribution in [1.29, 1.82) is 0 Å². The Morgan fingerprint density at radius 1 is 1.40 bits per heavy atom. The van der Waals surface area contributed by atoms with Crippen molar-refractivity contribution in [3.05, 3.63) is 35.5 Å². The first-order valence-corrected chi connectivity index (χ1v) is 5.04. The fourth-order valence-corrected chi connectivity index (χ4v) is 2.12. The Morgan fingerprint density at radius 3 is 2.67 bits per heavy atom. The average Bonchev–Trinajstić information content (AvgIpc) is 2.52. The van der Waals surface area contributed by atoms with Gasteiger partial charge >= 0.3 is 0 Å². The van der Waals surface area contributed by atoms with E-state index in [1.54, 1.807) is 0 Å². The number of aromatic nitrogens is 1. The second-order valence-corrected chi connectivity index (χ2v) is 3.60. The van der Waals surface area contributed by atoms with E-state index in [4.69, 9.17) is 5.73 Å². The summed E-state index contributed by atoms with van der Waals surface area (Å²) in [6.45, 7) is 4.71. The molecule has 0 atom stereocenters. The maximum atomic E-state index is 11.4. The molecule has 1 amide bonds. The van der Waals surface area contributed by atoms with E-state index < -0.39 is 0 Å².